The molecular formula is C13H24N4OS. The Morgan fingerprint density at radius 3 is 2.42 bits per heavy atom. The van der Waals surface area contributed by atoms with Crippen LogP contribution in [0.15, 0.2) is 0 Å². The molecule has 1 rings (SSSR count). The third-order valence-electron chi connectivity index (χ3n) is 2.66. The number of anilines is 2. The predicted molar refractivity (Wildman–Crippen MR) is 81.7 cm³/mol. The van der Waals surface area contributed by atoms with Gasteiger partial charge in [-0.1, -0.05) is 25.2 Å². The number of thiazole rings is 1. The Labute approximate surface area is 119 Å². The van der Waals surface area contributed by atoms with E-state index < -0.39 is 0 Å². The molecule has 0 saturated carbocycles. The number of aromatic nitrogens is 1. The Kier molecular flexibility index (Phi) is 5.17. The van der Waals surface area contributed by atoms with Gasteiger partial charge >= 0.3 is 0 Å². The van der Waals surface area contributed by atoms with E-state index in [1.165, 1.54) is 11.3 Å². The summed E-state index contributed by atoms with van der Waals surface area (Å²) in [6.07, 6.45) is 1.82. The molecular weight excluding hydrogens is 260 g/mol. The first-order valence-corrected chi connectivity index (χ1v) is 7.43. The standard InChI is InChI=1S/C13H24N4OS/c1-6-8(7-2)15-11(18)9-10(14)16-12(19-9)17-13(3,4)5/h8H,6-7,14H2,1-5H3,(H,15,18)(H,16,17). The Bertz CT molecular complexity index is 432. The Morgan fingerprint density at radius 2 is 1.95 bits per heavy atom. The van der Waals surface area contributed by atoms with Crippen molar-refractivity contribution in [3.05, 3.63) is 4.88 Å². The van der Waals surface area contributed by atoms with Crippen LogP contribution in [0.3, 0.4) is 0 Å². The number of nitrogens with one attached hydrogen (secondary N) is 2. The van der Waals surface area contributed by atoms with E-state index in [2.05, 4.69) is 29.5 Å². The molecule has 6 heteroatoms. The minimum Gasteiger partial charge on any atom is -0.382 e. The van der Waals surface area contributed by atoms with Gasteiger partial charge in [0.25, 0.3) is 5.91 Å². The molecule has 0 radical (unpaired) electrons. The molecule has 0 spiro atoms. The summed E-state index contributed by atoms with van der Waals surface area (Å²) in [5, 5.41) is 6.88. The molecule has 0 saturated heterocycles. The van der Waals surface area contributed by atoms with Crippen LogP contribution < -0.4 is 16.4 Å². The smallest absolute Gasteiger partial charge is 0.265 e. The first-order chi connectivity index (χ1) is 8.76. The monoisotopic (exact) mass is 284 g/mol. The summed E-state index contributed by atoms with van der Waals surface area (Å²) < 4.78 is 0. The highest BCUT2D eigenvalue weighted by molar-refractivity contribution is 7.18. The average Bonchev–Trinajstić information content (AvgIpc) is 2.64. The van der Waals surface area contributed by atoms with Crippen LogP contribution in [0, 0.1) is 0 Å². The lowest BCUT2D eigenvalue weighted by atomic mass is 10.1. The lowest BCUT2D eigenvalue weighted by Crippen LogP contribution is -2.33. The number of carbonyl (C=O) groups is 1. The maximum atomic E-state index is 12.1. The molecule has 1 amide bonds. The Morgan fingerprint density at radius 1 is 1.37 bits per heavy atom. The quantitative estimate of drug-likeness (QED) is 0.776. The van der Waals surface area contributed by atoms with Crippen LogP contribution in [0.2, 0.25) is 0 Å². The molecule has 5 nitrogen and oxygen atoms in total. The molecule has 0 bridgehead atoms. The van der Waals surface area contributed by atoms with Crippen LogP contribution in [0.1, 0.15) is 57.1 Å². The van der Waals surface area contributed by atoms with Crippen molar-refractivity contribution in [2.24, 2.45) is 0 Å². The van der Waals surface area contributed by atoms with Gasteiger partial charge in [-0.3, -0.25) is 4.79 Å². The van der Waals surface area contributed by atoms with Gasteiger partial charge in [0.2, 0.25) is 0 Å². The number of amides is 1. The second-order valence-corrected chi connectivity index (χ2v) is 6.59. The van der Waals surface area contributed by atoms with Gasteiger partial charge in [0, 0.05) is 11.6 Å². The van der Waals surface area contributed by atoms with Crippen LogP contribution >= 0.6 is 11.3 Å². The summed E-state index contributed by atoms with van der Waals surface area (Å²) in [7, 11) is 0. The lowest BCUT2D eigenvalue weighted by Gasteiger charge is -2.19. The normalized spacial score (nSPS) is 11.7. The van der Waals surface area contributed by atoms with Gasteiger partial charge in [0.1, 0.15) is 10.7 Å². The van der Waals surface area contributed by atoms with E-state index in [1.807, 2.05) is 20.8 Å². The fourth-order valence-corrected chi connectivity index (χ4v) is 2.61. The molecule has 0 atom stereocenters. The molecule has 1 aromatic heterocycles. The van der Waals surface area contributed by atoms with Gasteiger partial charge in [-0.25, -0.2) is 4.98 Å². The maximum Gasteiger partial charge on any atom is 0.265 e. The number of nitrogens with two attached hydrogens (primary N) is 1. The van der Waals surface area contributed by atoms with Crippen molar-refractivity contribution in [2.45, 2.75) is 59.0 Å². The number of hydrogen-bond donors (Lipinski definition) is 3. The van der Waals surface area contributed by atoms with E-state index >= 15 is 0 Å². The zero-order valence-electron chi connectivity index (χ0n) is 12.3. The van der Waals surface area contributed by atoms with Gasteiger partial charge < -0.3 is 16.4 Å². The van der Waals surface area contributed by atoms with Crippen LogP contribution in [0.4, 0.5) is 10.9 Å². The second kappa shape index (κ2) is 6.23. The third-order valence-corrected chi connectivity index (χ3v) is 3.65. The van der Waals surface area contributed by atoms with Crippen LogP contribution in [0.5, 0.6) is 0 Å². The van der Waals surface area contributed by atoms with Gasteiger partial charge in [-0.15, -0.1) is 0 Å². The Balaban J connectivity index is 2.81. The highest BCUT2D eigenvalue weighted by Crippen LogP contribution is 2.27. The number of carbonyl (C=O) groups excluding carboxylic acids is 1. The minimum absolute atomic E-state index is 0.104. The first-order valence-electron chi connectivity index (χ1n) is 6.62. The van der Waals surface area contributed by atoms with Crippen molar-refractivity contribution >= 4 is 28.2 Å². The minimum atomic E-state index is -0.134. The van der Waals surface area contributed by atoms with Crippen molar-refractivity contribution in [2.75, 3.05) is 11.1 Å². The molecule has 19 heavy (non-hydrogen) atoms. The second-order valence-electron chi connectivity index (χ2n) is 5.60. The number of nitrogens with zero attached hydrogens (tertiary/aromatic N) is 1. The summed E-state index contributed by atoms with van der Waals surface area (Å²) in [6.45, 7) is 10.2. The van der Waals surface area contributed by atoms with E-state index in [9.17, 15) is 4.79 Å². The van der Waals surface area contributed by atoms with Crippen LogP contribution in [-0.4, -0.2) is 22.5 Å². The molecule has 1 heterocycles. The zero-order valence-corrected chi connectivity index (χ0v) is 13.1. The number of nitrogen functional groups attached to an aromatic ring is 1. The maximum absolute atomic E-state index is 12.1. The molecule has 0 unspecified atom stereocenters. The first kappa shape index (κ1) is 15.8. The molecule has 0 aliphatic rings. The fraction of sp³-hybridized carbons (Fsp3) is 0.692. The van der Waals surface area contributed by atoms with Crippen molar-refractivity contribution in [1.29, 1.82) is 0 Å². The fourth-order valence-electron chi connectivity index (χ4n) is 1.61. The van der Waals surface area contributed by atoms with Gasteiger partial charge in [0.05, 0.1) is 0 Å². The van der Waals surface area contributed by atoms with Crippen molar-refractivity contribution in [1.82, 2.24) is 10.3 Å². The predicted octanol–water partition coefficient (Wildman–Crippen LogP) is 2.85. The third kappa shape index (κ3) is 4.70. The highest BCUT2D eigenvalue weighted by atomic mass is 32.1. The summed E-state index contributed by atoms with van der Waals surface area (Å²) in [4.78, 5) is 16.8. The van der Waals surface area contributed by atoms with Crippen LogP contribution in [0.25, 0.3) is 0 Å². The summed E-state index contributed by atoms with van der Waals surface area (Å²) in [5.74, 6) is 0.158. The van der Waals surface area contributed by atoms with E-state index in [4.69, 9.17) is 5.73 Å². The zero-order chi connectivity index (χ0) is 14.6. The lowest BCUT2D eigenvalue weighted by molar-refractivity contribution is 0.0939. The molecule has 1 aromatic rings. The van der Waals surface area contributed by atoms with E-state index in [0.29, 0.717) is 15.8 Å². The van der Waals surface area contributed by atoms with Gasteiger partial charge in [-0.2, -0.15) is 0 Å². The van der Waals surface area contributed by atoms with Gasteiger partial charge in [-0.05, 0) is 33.6 Å². The van der Waals surface area contributed by atoms with Crippen molar-refractivity contribution in [3.8, 4) is 0 Å². The molecule has 4 N–H and O–H groups in total. The van der Waals surface area contributed by atoms with E-state index in [1.54, 1.807) is 0 Å². The molecule has 0 aromatic carbocycles. The molecule has 0 aliphatic carbocycles. The van der Waals surface area contributed by atoms with E-state index in [-0.39, 0.29) is 17.5 Å². The van der Waals surface area contributed by atoms with Crippen LogP contribution in [-0.2, 0) is 0 Å². The number of rotatable bonds is 5. The molecule has 0 aliphatic heterocycles. The summed E-state index contributed by atoms with van der Waals surface area (Å²) in [6, 6.07) is 0.188. The topological polar surface area (TPSA) is 80.0 Å². The summed E-state index contributed by atoms with van der Waals surface area (Å²) >= 11 is 1.30. The van der Waals surface area contributed by atoms with Gasteiger partial charge in [0.15, 0.2) is 5.13 Å². The van der Waals surface area contributed by atoms with E-state index in [0.717, 1.165) is 12.8 Å². The van der Waals surface area contributed by atoms with Crippen molar-refractivity contribution < 1.29 is 4.79 Å². The highest BCUT2D eigenvalue weighted by Gasteiger charge is 2.20. The largest absolute Gasteiger partial charge is 0.382 e. The van der Waals surface area contributed by atoms with Crippen molar-refractivity contribution in [3.63, 3.8) is 0 Å². The Hall–Kier alpha value is -1.30. The summed E-state index contributed by atoms with van der Waals surface area (Å²) in [5.41, 5.74) is 5.71. The molecule has 0 fully saturated rings. The number of hydrogen-bond acceptors (Lipinski definition) is 5. The average molecular weight is 284 g/mol. The SMILES string of the molecule is CCC(CC)NC(=O)c1sc(NC(C)(C)C)nc1N. The molecule has 108 valence electrons.